The molecule has 164 valence electrons. The van der Waals surface area contributed by atoms with Crippen LogP contribution in [0.1, 0.15) is 110 Å². The Balaban J connectivity index is 1.40. The van der Waals surface area contributed by atoms with E-state index in [1.54, 1.807) is 6.92 Å². The van der Waals surface area contributed by atoms with Crippen LogP contribution in [0.5, 0.6) is 0 Å². The van der Waals surface area contributed by atoms with Gasteiger partial charge in [-0.25, -0.2) is 4.79 Å². The van der Waals surface area contributed by atoms with Crippen LogP contribution in [-0.2, 0) is 9.53 Å². The molecule has 0 heterocycles. The van der Waals surface area contributed by atoms with E-state index in [2.05, 4.69) is 11.5 Å². The van der Waals surface area contributed by atoms with Gasteiger partial charge in [0, 0.05) is 23.7 Å². The van der Waals surface area contributed by atoms with Gasteiger partial charge in [0.05, 0.1) is 0 Å². The molecule has 29 heavy (non-hydrogen) atoms. The number of hydrogen-bond acceptors (Lipinski definition) is 3. The fourth-order valence-electron chi connectivity index (χ4n) is 7.11. The van der Waals surface area contributed by atoms with Crippen molar-refractivity contribution in [3.63, 3.8) is 0 Å². The Labute approximate surface area is 178 Å². The molecule has 3 unspecified atom stereocenters. The molecule has 4 aliphatic rings. The Morgan fingerprint density at radius 2 is 1.31 bits per heavy atom. The van der Waals surface area contributed by atoms with Gasteiger partial charge in [0.2, 0.25) is 0 Å². The molecular weight excluding hydrogens is 358 g/mol. The van der Waals surface area contributed by atoms with Gasteiger partial charge >= 0.3 is 5.97 Å². The normalized spacial score (nSPS) is 36.4. The van der Waals surface area contributed by atoms with Crippen molar-refractivity contribution in [1.29, 1.82) is 0 Å². The van der Waals surface area contributed by atoms with Crippen molar-refractivity contribution in [2.45, 2.75) is 134 Å². The first-order chi connectivity index (χ1) is 14.1. The summed E-state index contributed by atoms with van der Waals surface area (Å²) in [6.45, 7) is 5.49. The van der Waals surface area contributed by atoms with E-state index in [0.29, 0.717) is 11.6 Å². The number of esters is 1. The Hall–Kier alpha value is -0.830. The van der Waals surface area contributed by atoms with E-state index in [4.69, 9.17) is 4.74 Å². The lowest BCUT2D eigenvalue weighted by Crippen LogP contribution is -2.54. The van der Waals surface area contributed by atoms with E-state index in [-0.39, 0.29) is 12.1 Å². The third-order valence-corrected chi connectivity index (χ3v) is 8.62. The molecule has 0 amide bonds. The van der Waals surface area contributed by atoms with E-state index in [1.165, 1.54) is 89.9 Å². The Morgan fingerprint density at radius 3 is 2.00 bits per heavy atom. The maximum Gasteiger partial charge on any atom is 0.333 e. The molecule has 3 heteroatoms. The summed E-state index contributed by atoms with van der Waals surface area (Å²) >= 11 is 0. The van der Waals surface area contributed by atoms with Crippen LogP contribution in [0, 0.1) is 11.8 Å². The summed E-state index contributed by atoms with van der Waals surface area (Å²) in [5, 5.41) is 0. The van der Waals surface area contributed by atoms with Crippen LogP contribution in [0.2, 0.25) is 0 Å². The summed E-state index contributed by atoms with van der Waals surface area (Å²) in [4.78, 5) is 15.0. The first-order valence-electron chi connectivity index (χ1n) is 12.8. The van der Waals surface area contributed by atoms with E-state index < -0.39 is 0 Å². The second-order valence-corrected chi connectivity index (χ2v) is 10.6. The number of ether oxygens (including phenoxy) is 1. The van der Waals surface area contributed by atoms with Crippen LogP contribution < -0.4 is 0 Å². The van der Waals surface area contributed by atoms with Gasteiger partial charge in [-0.05, 0) is 76.5 Å². The molecule has 3 nitrogen and oxygen atoms in total. The number of carbonyl (C=O) groups is 1. The fraction of sp³-hybridized carbons (Fsp3) is 0.885. The van der Waals surface area contributed by atoms with Crippen molar-refractivity contribution in [2.75, 3.05) is 0 Å². The molecular formula is C26H43NO2. The molecule has 0 aromatic carbocycles. The summed E-state index contributed by atoms with van der Waals surface area (Å²) < 4.78 is 5.69. The van der Waals surface area contributed by atoms with Crippen LogP contribution in [0.3, 0.4) is 0 Å². The molecule has 0 aromatic heterocycles. The zero-order chi connectivity index (χ0) is 20.2. The molecule has 0 saturated heterocycles. The molecule has 4 aliphatic carbocycles. The van der Waals surface area contributed by atoms with Gasteiger partial charge in [-0.2, -0.15) is 0 Å². The second kappa shape index (κ2) is 9.98. The third kappa shape index (κ3) is 5.27. The highest BCUT2D eigenvalue weighted by Crippen LogP contribution is 2.44. The fourth-order valence-corrected chi connectivity index (χ4v) is 7.11. The van der Waals surface area contributed by atoms with E-state index in [9.17, 15) is 4.79 Å². The number of nitrogens with zero attached hydrogens (tertiary/aromatic N) is 1. The van der Waals surface area contributed by atoms with Crippen LogP contribution in [0.15, 0.2) is 12.2 Å². The lowest BCUT2D eigenvalue weighted by Gasteiger charge is -2.51. The van der Waals surface area contributed by atoms with Gasteiger partial charge in [0.15, 0.2) is 0 Å². The van der Waals surface area contributed by atoms with Gasteiger partial charge < -0.3 is 4.74 Å². The highest BCUT2D eigenvalue weighted by molar-refractivity contribution is 5.87. The third-order valence-electron chi connectivity index (χ3n) is 8.62. The maximum absolute atomic E-state index is 11.9. The van der Waals surface area contributed by atoms with Crippen molar-refractivity contribution in [2.24, 2.45) is 11.8 Å². The number of fused-ring (bicyclic) bond motifs is 1. The lowest BCUT2D eigenvalue weighted by atomic mass is 9.68. The predicted octanol–water partition coefficient (Wildman–Crippen LogP) is 6.41. The first kappa shape index (κ1) is 21.4. The zero-order valence-corrected chi connectivity index (χ0v) is 18.7. The molecule has 4 rings (SSSR count). The number of carbonyl (C=O) groups excluding carboxylic acids is 1. The van der Waals surface area contributed by atoms with Crippen molar-refractivity contribution >= 4 is 5.97 Å². The average Bonchev–Trinajstić information content (AvgIpc) is 2.76. The lowest BCUT2D eigenvalue weighted by molar-refractivity contribution is -0.146. The smallest absolute Gasteiger partial charge is 0.333 e. The van der Waals surface area contributed by atoms with Crippen molar-refractivity contribution in [1.82, 2.24) is 4.90 Å². The molecule has 0 spiro atoms. The predicted molar refractivity (Wildman–Crippen MR) is 119 cm³/mol. The minimum atomic E-state index is -0.201. The topological polar surface area (TPSA) is 29.5 Å². The van der Waals surface area contributed by atoms with Crippen molar-refractivity contribution in [3.8, 4) is 0 Å². The minimum Gasteiger partial charge on any atom is -0.459 e. The molecule has 0 radical (unpaired) electrons. The van der Waals surface area contributed by atoms with Gasteiger partial charge in [0.25, 0.3) is 0 Å². The number of rotatable bonds is 5. The second-order valence-electron chi connectivity index (χ2n) is 10.6. The Bertz CT molecular complexity index is 559. The summed E-state index contributed by atoms with van der Waals surface area (Å²) in [6.07, 6.45) is 22.0. The van der Waals surface area contributed by atoms with Crippen molar-refractivity contribution < 1.29 is 9.53 Å². The zero-order valence-electron chi connectivity index (χ0n) is 18.7. The SMILES string of the molecule is C=C(C)C(=O)OC1CCC(N(C2CCCCC2)C2CCC3CCCCC3C2)CC1. The van der Waals surface area contributed by atoms with Gasteiger partial charge in [-0.3, -0.25) is 4.90 Å². The average molecular weight is 402 g/mol. The van der Waals surface area contributed by atoms with Crippen LogP contribution in [0.25, 0.3) is 0 Å². The molecule has 0 aromatic rings. The summed E-state index contributed by atoms with van der Waals surface area (Å²) in [5.41, 5.74) is 0.528. The molecule has 4 fully saturated rings. The van der Waals surface area contributed by atoms with Crippen LogP contribution >= 0.6 is 0 Å². The summed E-state index contributed by atoms with van der Waals surface area (Å²) in [5.74, 6) is 1.83. The number of hydrogen-bond donors (Lipinski definition) is 0. The summed E-state index contributed by atoms with van der Waals surface area (Å²) in [7, 11) is 0. The minimum absolute atomic E-state index is 0.109. The molecule has 4 saturated carbocycles. The van der Waals surface area contributed by atoms with Gasteiger partial charge in [-0.1, -0.05) is 51.5 Å². The van der Waals surface area contributed by atoms with Crippen LogP contribution in [0.4, 0.5) is 0 Å². The highest BCUT2D eigenvalue weighted by atomic mass is 16.5. The summed E-state index contributed by atoms with van der Waals surface area (Å²) in [6, 6.07) is 2.34. The molecule has 0 bridgehead atoms. The van der Waals surface area contributed by atoms with E-state index in [0.717, 1.165) is 36.8 Å². The van der Waals surface area contributed by atoms with E-state index >= 15 is 0 Å². The largest absolute Gasteiger partial charge is 0.459 e. The molecule has 0 N–H and O–H groups in total. The maximum atomic E-state index is 11.9. The Kier molecular flexibility index (Phi) is 7.37. The van der Waals surface area contributed by atoms with Crippen molar-refractivity contribution in [3.05, 3.63) is 12.2 Å². The standard InChI is InChI=1S/C26H43NO2/c1-19(2)26(28)29-25-16-14-23(15-17-25)27(22-10-4-3-5-11-22)24-13-12-20-8-6-7-9-21(20)18-24/h20-25H,1,3-18H2,2H3. The first-order valence-corrected chi connectivity index (χ1v) is 12.8. The molecule has 3 atom stereocenters. The quantitative estimate of drug-likeness (QED) is 0.394. The van der Waals surface area contributed by atoms with Crippen LogP contribution in [-0.4, -0.2) is 35.1 Å². The Morgan fingerprint density at radius 1 is 0.724 bits per heavy atom. The van der Waals surface area contributed by atoms with Gasteiger partial charge in [-0.15, -0.1) is 0 Å². The van der Waals surface area contributed by atoms with Gasteiger partial charge in [0.1, 0.15) is 6.10 Å². The highest BCUT2D eigenvalue weighted by Gasteiger charge is 2.40. The molecule has 0 aliphatic heterocycles. The van der Waals surface area contributed by atoms with E-state index in [1.807, 2.05) is 0 Å². The monoisotopic (exact) mass is 401 g/mol.